The molecule has 1 saturated heterocycles. The number of β-amino-alcohol motifs (C(OH)–C–C–N with tert-alkyl or cyclic N) is 1. The number of nitrogens with two attached hydrogens (primary N) is 1. The molecule has 1 amide bonds. The number of piperazine rings is 1. The zero-order valence-electron chi connectivity index (χ0n) is 11.7. The lowest BCUT2D eigenvalue weighted by Gasteiger charge is -2.34. The molecule has 2 aliphatic rings. The number of carbonyl (C=O) groups excluding carboxylic acids is 1. The number of aliphatic hydroxyl groups excluding tert-OH is 1. The Kier molecular flexibility index (Phi) is 3.67. The van der Waals surface area contributed by atoms with Crippen molar-refractivity contribution in [3.05, 3.63) is 18.0 Å². The molecule has 1 aromatic heterocycles. The maximum atomic E-state index is 12.6. The maximum absolute atomic E-state index is 12.6. The summed E-state index contributed by atoms with van der Waals surface area (Å²) in [6.07, 6.45) is 4.16. The standard InChI is InChI=1S/C14H22N4O2/c15-11-9-13(18(10-11)12-1-2-12)14(20)17-5-3-16(4-6-17)7-8-19/h9-10,12,19H,1-8,15H2. The summed E-state index contributed by atoms with van der Waals surface area (Å²) in [5, 5.41) is 8.94. The van der Waals surface area contributed by atoms with Crippen molar-refractivity contribution >= 4 is 11.6 Å². The van der Waals surface area contributed by atoms with Gasteiger partial charge in [-0.3, -0.25) is 9.69 Å². The van der Waals surface area contributed by atoms with Crippen LogP contribution in [0, 0.1) is 0 Å². The Morgan fingerprint density at radius 2 is 2.00 bits per heavy atom. The lowest BCUT2D eigenvalue weighted by molar-refractivity contribution is 0.0604. The number of rotatable bonds is 4. The van der Waals surface area contributed by atoms with Crippen LogP contribution in [0.4, 0.5) is 5.69 Å². The van der Waals surface area contributed by atoms with E-state index >= 15 is 0 Å². The van der Waals surface area contributed by atoms with E-state index in [-0.39, 0.29) is 12.5 Å². The van der Waals surface area contributed by atoms with Crippen LogP contribution in [0.25, 0.3) is 0 Å². The van der Waals surface area contributed by atoms with Crippen LogP contribution in [0.5, 0.6) is 0 Å². The molecular weight excluding hydrogens is 256 g/mol. The van der Waals surface area contributed by atoms with Crippen molar-refractivity contribution in [2.45, 2.75) is 18.9 Å². The highest BCUT2D eigenvalue weighted by atomic mass is 16.3. The molecule has 1 aliphatic heterocycles. The Hall–Kier alpha value is -1.53. The molecule has 1 saturated carbocycles. The summed E-state index contributed by atoms with van der Waals surface area (Å²) in [6.45, 7) is 3.95. The second-order valence-electron chi connectivity index (χ2n) is 5.65. The average Bonchev–Trinajstić information content (AvgIpc) is 3.22. The van der Waals surface area contributed by atoms with Crippen molar-refractivity contribution < 1.29 is 9.90 Å². The normalized spacial score (nSPS) is 20.4. The highest BCUT2D eigenvalue weighted by molar-refractivity contribution is 5.94. The van der Waals surface area contributed by atoms with Crippen molar-refractivity contribution in [1.29, 1.82) is 0 Å². The van der Waals surface area contributed by atoms with E-state index in [0.29, 0.717) is 31.4 Å². The summed E-state index contributed by atoms with van der Waals surface area (Å²) in [6, 6.07) is 2.25. The molecule has 1 aliphatic carbocycles. The summed E-state index contributed by atoms with van der Waals surface area (Å²) in [5.74, 6) is 0.0808. The quantitative estimate of drug-likeness (QED) is 0.822. The van der Waals surface area contributed by atoms with E-state index in [1.165, 1.54) is 0 Å². The van der Waals surface area contributed by atoms with Gasteiger partial charge in [-0.2, -0.15) is 0 Å². The number of amides is 1. The zero-order chi connectivity index (χ0) is 14.1. The molecule has 0 aromatic carbocycles. The van der Waals surface area contributed by atoms with Gasteiger partial charge in [0.25, 0.3) is 5.91 Å². The van der Waals surface area contributed by atoms with Crippen LogP contribution in [0.15, 0.2) is 12.3 Å². The van der Waals surface area contributed by atoms with Crippen molar-refractivity contribution in [3.63, 3.8) is 0 Å². The molecule has 0 unspecified atom stereocenters. The van der Waals surface area contributed by atoms with Crippen LogP contribution in [0.2, 0.25) is 0 Å². The number of aliphatic hydroxyl groups is 1. The van der Waals surface area contributed by atoms with Crippen molar-refractivity contribution in [1.82, 2.24) is 14.4 Å². The van der Waals surface area contributed by atoms with Gasteiger partial charge in [0.2, 0.25) is 0 Å². The van der Waals surface area contributed by atoms with Gasteiger partial charge < -0.3 is 20.3 Å². The molecular formula is C14H22N4O2. The maximum Gasteiger partial charge on any atom is 0.270 e. The molecule has 2 fully saturated rings. The Labute approximate surface area is 118 Å². The lowest BCUT2D eigenvalue weighted by Crippen LogP contribution is -2.49. The van der Waals surface area contributed by atoms with Gasteiger partial charge >= 0.3 is 0 Å². The molecule has 3 N–H and O–H groups in total. The van der Waals surface area contributed by atoms with Crippen LogP contribution in [-0.4, -0.2) is 64.7 Å². The van der Waals surface area contributed by atoms with Gasteiger partial charge in [0.1, 0.15) is 5.69 Å². The Bertz CT molecular complexity index is 487. The molecule has 20 heavy (non-hydrogen) atoms. The Morgan fingerprint density at radius 1 is 1.30 bits per heavy atom. The number of anilines is 1. The average molecular weight is 278 g/mol. The number of aromatic nitrogens is 1. The number of hydrogen-bond acceptors (Lipinski definition) is 4. The predicted molar refractivity (Wildman–Crippen MR) is 76.5 cm³/mol. The van der Waals surface area contributed by atoms with Gasteiger partial charge in [-0.15, -0.1) is 0 Å². The molecule has 2 heterocycles. The second-order valence-corrected chi connectivity index (χ2v) is 5.65. The predicted octanol–water partition coefficient (Wildman–Crippen LogP) is 0.155. The largest absolute Gasteiger partial charge is 0.397 e. The van der Waals surface area contributed by atoms with E-state index < -0.39 is 0 Å². The van der Waals surface area contributed by atoms with Crippen LogP contribution < -0.4 is 5.73 Å². The van der Waals surface area contributed by atoms with Crippen molar-refractivity contribution in [2.75, 3.05) is 45.1 Å². The minimum atomic E-state index is 0.0808. The van der Waals surface area contributed by atoms with Crippen LogP contribution in [-0.2, 0) is 0 Å². The lowest BCUT2D eigenvalue weighted by atomic mass is 10.2. The first-order valence-corrected chi connectivity index (χ1v) is 7.29. The fraction of sp³-hybridized carbons (Fsp3) is 0.643. The van der Waals surface area contributed by atoms with Gasteiger partial charge in [-0.05, 0) is 18.9 Å². The minimum Gasteiger partial charge on any atom is -0.397 e. The molecule has 0 spiro atoms. The molecule has 3 rings (SSSR count). The molecule has 6 heteroatoms. The summed E-state index contributed by atoms with van der Waals surface area (Å²) < 4.78 is 2.04. The zero-order valence-corrected chi connectivity index (χ0v) is 11.7. The van der Waals surface area contributed by atoms with Crippen LogP contribution in [0.1, 0.15) is 29.4 Å². The van der Waals surface area contributed by atoms with Crippen molar-refractivity contribution in [2.24, 2.45) is 0 Å². The van der Waals surface area contributed by atoms with Crippen LogP contribution in [0.3, 0.4) is 0 Å². The molecule has 0 bridgehead atoms. The SMILES string of the molecule is Nc1cc(C(=O)N2CCN(CCO)CC2)n(C2CC2)c1. The number of carbonyl (C=O) groups is 1. The Morgan fingerprint density at radius 3 is 2.60 bits per heavy atom. The molecule has 6 nitrogen and oxygen atoms in total. The summed E-state index contributed by atoms with van der Waals surface area (Å²) in [4.78, 5) is 16.7. The first-order valence-electron chi connectivity index (χ1n) is 7.29. The third kappa shape index (κ3) is 2.66. The monoisotopic (exact) mass is 278 g/mol. The van der Waals surface area contributed by atoms with Crippen molar-refractivity contribution in [3.8, 4) is 0 Å². The van der Waals surface area contributed by atoms with Gasteiger partial charge in [0.15, 0.2) is 0 Å². The third-order valence-electron chi connectivity index (χ3n) is 4.10. The Balaban J connectivity index is 1.67. The van der Waals surface area contributed by atoms with E-state index in [2.05, 4.69) is 4.90 Å². The number of nitrogens with zero attached hydrogens (tertiary/aromatic N) is 3. The first kappa shape index (κ1) is 13.5. The third-order valence-corrected chi connectivity index (χ3v) is 4.10. The molecule has 1 aromatic rings. The second kappa shape index (κ2) is 5.46. The van der Waals surface area contributed by atoms with Gasteiger partial charge in [-0.1, -0.05) is 0 Å². The fourth-order valence-corrected chi connectivity index (χ4v) is 2.80. The number of hydrogen-bond donors (Lipinski definition) is 2. The van der Waals surface area contributed by atoms with Gasteiger partial charge in [-0.25, -0.2) is 0 Å². The smallest absolute Gasteiger partial charge is 0.270 e. The van der Waals surface area contributed by atoms with E-state index in [9.17, 15) is 4.79 Å². The van der Waals surface area contributed by atoms with E-state index in [0.717, 1.165) is 31.6 Å². The fourth-order valence-electron chi connectivity index (χ4n) is 2.80. The van der Waals surface area contributed by atoms with E-state index in [1.807, 2.05) is 15.7 Å². The minimum absolute atomic E-state index is 0.0808. The first-order chi connectivity index (χ1) is 9.69. The molecule has 0 atom stereocenters. The number of nitrogen functional groups attached to an aromatic ring is 1. The summed E-state index contributed by atoms with van der Waals surface area (Å²) >= 11 is 0. The van der Waals surface area contributed by atoms with Gasteiger partial charge in [0.05, 0.1) is 12.3 Å². The molecule has 110 valence electrons. The summed E-state index contributed by atoms with van der Waals surface area (Å²) in [7, 11) is 0. The van der Waals surface area contributed by atoms with E-state index in [1.54, 1.807) is 6.07 Å². The highest BCUT2D eigenvalue weighted by Crippen LogP contribution is 2.37. The van der Waals surface area contributed by atoms with Gasteiger partial charge in [0, 0.05) is 45.0 Å². The summed E-state index contributed by atoms with van der Waals surface area (Å²) in [5.41, 5.74) is 7.24. The van der Waals surface area contributed by atoms with Crippen LogP contribution >= 0.6 is 0 Å². The van der Waals surface area contributed by atoms with E-state index in [4.69, 9.17) is 10.8 Å². The highest BCUT2D eigenvalue weighted by Gasteiger charge is 2.30. The molecule has 0 radical (unpaired) electrons. The topological polar surface area (TPSA) is 74.7 Å².